The van der Waals surface area contributed by atoms with Crippen molar-refractivity contribution in [2.24, 2.45) is 0 Å². The van der Waals surface area contributed by atoms with Gasteiger partial charge in [-0.3, -0.25) is 4.79 Å². The first-order valence-corrected chi connectivity index (χ1v) is 5.26. The lowest BCUT2D eigenvalue weighted by Crippen LogP contribution is -2.01. The van der Waals surface area contributed by atoms with Gasteiger partial charge in [0, 0.05) is 16.7 Å². The molecule has 0 aliphatic rings. The summed E-state index contributed by atoms with van der Waals surface area (Å²) in [6.45, 7) is 0. The van der Waals surface area contributed by atoms with Gasteiger partial charge in [0.25, 0.3) is 0 Å². The molecule has 2 nitrogen and oxygen atoms in total. The van der Waals surface area contributed by atoms with E-state index in [0.717, 1.165) is 17.8 Å². The molecule has 0 aromatic heterocycles. The quantitative estimate of drug-likeness (QED) is 0.589. The Morgan fingerprint density at radius 3 is 2.80 bits per heavy atom. The Balaban J connectivity index is 2.47. The van der Waals surface area contributed by atoms with Crippen LogP contribution in [0.3, 0.4) is 0 Å². The molecule has 0 N–H and O–H groups in total. The van der Waals surface area contributed by atoms with Crippen molar-refractivity contribution in [2.45, 2.75) is 11.3 Å². The van der Waals surface area contributed by atoms with Crippen molar-refractivity contribution in [1.82, 2.24) is 0 Å². The summed E-state index contributed by atoms with van der Waals surface area (Å²) in [6, 6.07) is 3.36. The standard InChI is InChI=1S/C10H10F2O2S/c1-14-10(13)4-5-15-9-3-2-7(11)6-8(9)12/h2-3,6H,4-5H2,1H3. The van der Waals surface area contributed by atoms with Crippen LogP contribution < -0.4 is 0 Å². The van der Waals surface area contributed by atoms with Gasteiger partial charge in [-0.15, -0.1) is 11.8 Å². The summed E-state index contributed by atoms with van der Waals surface area (Å²) in [5.74, 6) is -1.14. The second kappa shape index (κ2) is 5.70. The third-order valence-electron chi connectivity index (χ3n) is 1.69. The molecular weight excluding hydrogens is 222 g/mol. The molecule has 0 radical (unpaired) electrons. The maximum absolute atomic E-state index is 13.1. The molecule has 0 unspecified atom stereocenters. The first kappa shape index (κ1) is 12.0. The van der Waals surface area contributed by atoms with Gasteiger partial charge in [0.2, 0.25) is 0 Å². The van der Waals surface area contributed by atoms with E-state index in [4.69, 9.17) is 0 Å². The minimum absolute atomic E-state index is 0.206. The van der Waals surface area contributed by atoms with Crippen LogP contribution in [0.1, 0.15) is 6.42 Å². The van der Waals surface area contributed by atoms with Crippen LogP contribution in [0.25, 0.3) is 0 Å². The number of benzene rings is 1. The second-order valence-electron chi connectivity index (χ2n) is 2.75. The number of ether oxygens (including phenoxy) is 1. The lowest BCUT2D eigenvalue weighted by Gasteiger charge is -2.02. The molecule has 5 heteroatoms. The zero-order valence-corrected chi connectivity index (χ0v) is 8.94. The van der Waals surface area contributed by atoms with E-state index in [1.165, 1.54) is 19.2 Å². The number of methoxy groups -OCH3 is 1. The number of hydrogen-bond donors (Lipinski definition) is 0. The number of halogens is 2. The minimum Gasteiger partial charge on any atom is -0.469 e. The molecule has 0 atom stereocenters. The lowest BCUT2D eigenvalue weighted by molar-refractivity contribution is -0.140. The summed E-state index contributed by atoms with van der Waals surface area (Å²) >= 11 is 1.16. The molecule has 0 spiro atoms. The molecule has 0 heterocycles. The molecule has 1 aromatic carbocycles. The van der Waals surface area contributed by atoms with Crippen molar-refractivity contribution in [3.63, 3.8) is 0 Å². The Kier molecular flexibility index (Phi) is 4.55. The van der Waals surface area contributed by atoms with E-state index in [0.29, 0.717) is 10.6 Å². The van der Waals surface area contributed by atoms with Crippen molar-refractivity contribution in [3.05, 3.63) is 29.8 Å². The van der Waals surface area contributed by atoms with Gasteiger partial charge in [-0.25, -0.2) is 8.78 Å². The van der Waals surface area contributed by atoms with Crippen molar-refractivity contribution in [3.8, 4) is 0 Å². The average molecular weight is 232 g/mol. The summed E-state index contributed by atoms with van der Waals surface area (Å²) in [6.07, 6.45) is 0.206. The SMILES string of the molecule is COC(=O)CCSc1ccc(F)cc1F. The van der Waals surface area contributed by atoms with Gasteiger partial charge in [-0.2, -0.15) is 0 Å². The van der Waals surface area contributed by atoms with Crippen molar-refractivity contribution < 1.29 is 18.3 Å². The van der Waals surface area contributed by atoms with Crippen LogP contribution in [0.15, 0.2) is 23.1 Å². The van der Waals surface area contributed by atoms with Crippen LogP contribution in [0.4, 0.5) is 8.78 Å². The third-order valence-corrected chi connectivity index (χ3v) is 2.74. The highest BCUT2D eigenvalue weighted by Gasteiger charge is 2.06. The minimum atomic E-state index is -0.607. The fourth-order valence-corrected chi connectivity index (χ4v) is 1.79. The molecule has 1 aromatic rings. The zero-order chi connectivity index (χ0) is 11.3. The van der Waals surface area contributed by atoms with Crippen LogP contribution in [0.2, 0.25) is 0 Å². The lowest BCUT2D eigenvalue weighted by atomic mass is 10.3. The van der Waals surface area contributed by atoms with E-state index in [-0.39, 0.29) is 12.4 Å². The van der Waals surface area contributed by atoms with Crippen LogP contribution in [0, 0.1) is 11.6 Å². The molecule has 0 bridgehead atoms. The topological polar surface area (TPSA) is 26.3 Å². The Hall–Kier alpha value is -1.10. The highest BCUT2D eigenvalue weighted by Crippen LogP contribution is 2.22. The van der Waals surface area contributed by atoms with Gasteiger partial charge in [-0.05, 0) is 12.1 Å². The number of rotatable bonds is 4. The first-order valence-electron chi connectivity index (χ1n) is 4.28. The summed E-state index contributed by atoms with van der Waals surface area (Å²) in [5, 5.41) is 0. The van der Waals surface area contributed by atoms with Gasteiger partial charge >= 0.3 is 5.97 Å². The Labute approximate surface area is 90.6 Å². The van der Waals surface area contributed by atoms with Crippen LogP contribution in [-0.4, -0.2) is 18.8 Å². The summed E-state index contributed by atoms with van der Waals surface area (Å²) < 4.78 is 30.0. The molecule has 15 heavy (non-hydrogen) atoms. The molecule has 0 saturated heterocycles. The molecule has 0 aliphatic heterocycles. The number of thioether (sulfide) groups is 1. The molecule has 0 aliphatic carbocycles. The largest absolute Gasteiger partial charge is 0.469 e. The van der Waals surface area contributed by atoms with Crippen molar-refractivity contribution in [2.75, 3.05) is 12.9 Å². The van der Waals surface area contributed by atoms with E-state index in [9.17, 15) is 13.6 Å². The predicted molar refractivity (Wildman–Crippen MR) is 53.7 cm³/mol. The third kappa shape index (κ3) is 3.87. The molecular formula is C10H10F2O2S. The van der Waals surface area contributed by atoms with Gasteiger partial charge in [0.15, 0.2) is 0 Å². The zero-order valence-electron chi connectivity index (χ0n) is 8.13. The maximum Gasteiger partial charge on any atom is 0.306 e. The average Bonchev–Trinajstić information content (AvgIpc) is 2.21. The molecule has 0 saturated carbocycles. The number of carbonyl (C=O) groups excluding carboxylic acids is 1. The van der Waals surface area contributed by atoms with Gasteiger partial charge < -0.3 is 4.74 Å². The molecule has 0 amide bonds. The molecule has 1 rings (SSSR count). The van der Waals surface area contributed by atoms with Crippen molar-refractivity contribution >= 4 is 17.7 Å². The van der Waals surface area contributed by atoms with E-state index in [1.807, 2.05) is 0 Å². The first-order chi connectivity index (χ1) is 7.13. The van der Waals surface area contributed by atoms with E-state index in [2.05, 4.69) is 4.74 Å². The van der Waals surface area contributed by atoms with E-state index in [1.54, 1.807) is 0 Å². The molecule has 82 valence electrons. The van der Waals surface area contributed by atoms with Crippen LogP contribution >= 0.6 is 11.8 Å². The maximum atomic E-state index is 13.1. The Bertz CT molecular complexity index is 355. The van der Waals surface area contributed by atoms with Crippen LogP contribution in [0.5, 0.6) is 0 Å². The van der Waals surface area contributed by atoms with E-state index < -0.39 is 11.6 Å². The highest BCUT2D eigenvalue weighted by atomic mass is 32.2. The smallest absolute Gasteiger partial charge is 0.306 e. The second-order valence-corrected chi connectivity index (χ2v) is 3.89. The molecule has 0 fully saturated rings. The fraction of sp³-hybridized carbons (Fsp3) is 0.300. The van der Waals surface area contributed by atoms with Crippen molar-refractivity contribution in [1.29, 1.82) is 0 Å². The highest BCUT2D eigenvalue weighted by molar-refractivity contribution is 7.99. The fourth-order valence-electron chi connectivity index (χ4n) is 0.939. The predicted octanol–water partition coefficient (Wildman–Crippen LogP) is 2.62. The Morgan fingerprint density at radius 1 is 1.47 bits per heavy atom. The summed E-state index contributed by atoms with van der Waals surface area (Å²) in [7, 11) is 1.30. The number of hydrogen-bond acceptors (Lipinski definition) is 3. The van der Waals surface area contributed by atoms with E-state index >= 15 is 0 Å². The van der Waals surface area contributed by atoms with Gasteiger partial charge in [-0.1, -0.05) is 0 Å². The summed E-state index contributed by atoms with van der Waals surface area (Å²) in [5.41, 5.74) is 0. The van der Waals surface area contributed by atoms with Crippen LogP contribution in [-0.2, 0) is 9.53 Å². The Morgan fingerprint density at radius 2 is 2.20 bits per heavy atom. The number of carbonyl (C=O) groups is 1. The van der Waals surface area contributed by atoms with Gasteiger partial charge in [0.1, 0.15) is 11.6 Å². The number of esters is 1. The summed E-state index contributed by atoms with van der Waals surface area (Å²) in [4.78, 5) is 11.1. The monoisotopic (exact) mass is 232 g/mol. The normalized spacial score (nSPS) is 10.1. The van der Waals surface area contributed by atoms with Gasteiger partial charge in [0.05, 0.1) is 13.5 Å².